The minimum Gasteiger partial charge on any atom is -0.135 e. The number of rotatable bonds is 3. The second kappa shape index (κ2) is 10.4. The zero-order valence-electron chi connectivity index (χ0n) is 25.6. The molecule has 10 rings (SSSR count). The molecule has 9 aromatic carbocycles. The maximum absolute atomic E-state index is 2.32. The van der Waals surface area contributed by atoms with Gasteiger partial charge in [0.1, 0.15) is 0 Å². The SMILES string of the molecule is c1ccc2c(-c3c4ccccc4c(-c4ccc(-c5cccc6sc7c8ccccc8ccc7c56)cc4)c4ccccc34)cccc2c1. The van der Waals surface area contributed by atoms with Crippen molar-refractivity contribution < 1.29 is 0 Å². The molecule has 1 heteroatoms. The third-order valence-electron chi connectivity index (χ3n) is 9.86. The van der Waals surface area contributed by atoms with Crippen LogP contribution in [0.4, 0.5) is 0 Å². The van der Waals surface area contributed by atoms with Gasteiger partial charge < -0.3 is 0 Å². The van der Waals surface area contributed by atoms with Gasteiger partial charge in [0.2, 0.25) is 0 Å². The molecule has 1 aromatic heterocycles. The van der Waals surface area contributed by atoms with E-state index in [9.17, 15) is 0 Å². The first-order valence-electron chi connectivity index (χ1n) is 16.2. The van der Waals surface area contributed by atoms with Crippen LogP contribution in [0.3, 0.4) is 0 Å². The van der Waals surface area contributed by atoms with Crippen molar-refractivity contribution in [2.45, 2.75) is 0 Å². The van der Waals surface area contributed by atoms with Crippen molar-refractivity contribution in [3.63, 3.8) is 0 Å². The molecule has 47 heavy (non-hydrogen) atoms. The van der Waals surface area contributed by atoms with Gasteiger partial charge in [-0.2, -0.15) is 0 Å². The van der Waals surface area contributed by atoms with Crippen molar-refractivity contribution in [1.82, 2.24) is 0 Å². The summed E-state index contributed by atoms with van der Waals surface area (Å²) in [5.74, 6) is 0. The molecule has 0 unspecified atom stereocenters. The predicted molar refractivity (Wildman–Crippen MR) is 206 cm³/mol. The van der Waals surface area contributed by atoms with E-state index in [1.807, 2.05) is 11.3 Å². The summed E-state index contributed by atoms with van der Waals surface area (Å²) < 4.78 is 2.70. The van der Waals surface area contributed by atoms with E-state index in [0.29, 0.717) is 0 Å². The van der Waals surface area contributed by atoms with Crippen molar-refractivity contribution in [2.24, 2.45) is 0 Å². The largest absolute Gasteiger partial charge is 0.135 e. The fourth-order valence-electron chi connectivity index (χ4n) is 7.78. The van der Waals surface area contributed by atoms with Gasteiger partial charge in [-0.25, -0.2) is 0 Å². The van der Waals surface area contributed by atoms with Gasteiger partial charge in [-0.1, -0.05) is 164 Å². The number of benzene rings is 9. The first-order valence-corrected chi connectivity index (χ1v) is 17.0. The molecule has 0 amide bonds. The molecule has 0 atom stereocenters. The zero-order valence-corrected chi connectivity index (χ0v) is 26.4. The van der Waals surface area contributed by atoms with Gasteiger partial charge >= 0.3 is 0 Å². The molecule has 218 valence electrons. The van der Waals surface area contributed by atoms with E-state index in [2.05, 4.69) is 170 Å². The van der Waals surface area contributed by atoms with Crippen LogP contribution in [0.25, 0.3) is 96.6 Å². The highest BCUT2D eigenvalue weighted by Crippen LogP contribution is 2.46. The Labute approximate surface area is 276 Å². The molecule has 0 radical (unpaired) electrons. The van der Waals surface area contributed by atoms with Crippen LogP contribution in [-0.4, -0.2) is 0 Å². The molecular weight excluding hydrogens is 585 g/mol. The Morgan fingerprint density at radius 1 is 0.298 bits per heavy atom. The zero-order chi connectivity index (χ0) is 30.9. The molecule has 0 fully saturated rings. The van der Waals surface area contributed by atoms with Gasteiger partial charge in [-0.3, -0.25) is 0 Å². The fraction of sp³-hybridized carbons (Fsp3) is 0. The normalized spacial score (nSPS) is 11.8. The lowest BCUT2D eigenvalue weighted by atomic mass is 9.84. The summed E-state index contributed by atoms with van der Waals surface area (Å²) in [4.78, 5) is 0. The Morgan fingerprint density at radius 3 is 1.51 bits per heavy atom. The van der Waals surface area contributed by atoms with Gasteiger partial charge in [-0.05, 0) is 82.5 Å². The number of fused-ring (bicyclic) bond motifs is 8. The van der Waals surface area contributed by atoms with Crippen molar-refractivity contribution in [2.75, 3.05) is 0 Å². The van der Waals surface area contributed by atoms with Gasteiger partial charge in [-0.15, -0.1) is 11.3 Å². The Kier molecular flexibility index (Phi) is 5.85. The summed E-state index contributed by atoms with van der Waals surface area (Å²) >= 11 is 1.90. The van der Waals surface area contributed by atoms with E-state index < -0.39 is 0 Å². The van der Waals surface area contributed by atoms with E-state index in [1.54, 1.807) is 0 Å². The van der Waals surface area contributed by atoms with Crippen molar-refractivity contribution >= 4 is 74.6 Å². The Morgan fingerprint density at radius 2 is 0.809 bits per heavy atom. The molecule has 0 spiro atoms. The van der Waals surface area contributed by atoms with Crippen molar-refractivity contribution in [1.29, 1.82) is 0 Å². The average molecular weight is 613 g/mol. The van der Waals surface area contributed by atoms with E-state index in [4.69, 9.17) is 0 Å². The quantitative estimate of drug-likeness (QED) is 0.174. The predicted octanol–water partition coefficient (Wildman–Crippen LogP) is 13.7. The smallest absolute Gasteiger partial charge is 0.0434 e. The summed E-state index contributed by atoms with van der Waals surface area (Å²) in [6, 6.07) is 62.6. The molecule has 0 saturated carbocycles. The van der Waals surface area contributed by atoms with Crippen molar-refractivity contribution in [3.8, 4) is 33.4 Å². The van der Waals surface area contributed by atoms with Crippen LogP contribution in [0, 0.1) is 0 Å². The third-order valence-corrected chi connectivity index (χ3v) is 11.1. The van der Waals surface area contributed by atoms with Crippen molar-refractivity contribution in [3.05, 3.63) is 170 Å². The molecule has 0 saturated heterocycles. The van der Waals surface area contributed by atoms with Crippen LogP contribution < -0.4 is 0 Å². The van der Waals surface area contributed by atoms with Crippen LogP contribution >= 0.6 is 11.3 Å². The number of thiophene rings is 1. The molecular formula is C46H28S. The first kappa shape index (κ1) is 26.5. The molecule has 0 aliphatic carbocycles. The summed E-state index contributed by atoms with van der Waals surface area (Å²) in [7, 11) is 0. The summed E-state index contributed by atoms with van der Waals surface area (Å²) in [6.07, 6.45) is 0. The number of hydrogen-bond acceptors (Lipinski definition) is 1. The van der Waals surface area contributed by atoms with Gasteiger partial charge in [0.05, 0.1) is 0 Å². The third kappa shape index (κ3) is 4.00. The Bertz CT molecular complexity index is 2770. The fourth-order valence-corrected chi connectivity index (χ4v) is 9.05. The summed E-state index contributed by atoms with van der Waals surface area (Å²) in [5, 5.41) is 13.0. The molecule has 1 heterocycles. The molecule has 0 aliphatic rings. The maximum atomic E-state index is 2.32. The topological polar surface area (TPSA) is 0 Å². The average Bonchev–Trinajstić information content (AvgIpc) is 3.53. The summed E-state index contributed by atoms with van der Waals surface area (Å²) in [5.41, 5.74) is 7.64. The maximum Gasteiger partial charge on any atom is 0.0434 e. The Balaban J connectivity index is 1.19. The minimum atomic E-state index is 1.24. The lowest BCUT2D eigenvalue weighted by molar-refractivity contribution is 1.64. The van der Waals surface area contributed by atoms with Crippen LogP contribution in [-0.2, 0) is 0 Å². The molecule has 0 aliphatic heterocycles. The molecule has 10 aromatic rings. The van der Waals surface area contributed by atoms with E-state index in [1.165, 1.54) is 96.6 Å². The van der Waals surface area contributed by atoms with Crippen LogP contribution in [0.15, 0.2) is 170 Å². The van der Waals surface area contributed by atoms with Gasteiger partial charge in [0.25, 0.3) is 0 Å². The van der Waals surface area contributed by atoms with Gasteiger partial charge in [0.15, 0.2) is 0 Å². The van der Waals surface area contributed by atoms with Crippen LogP contribution in [0.1, 0.15) is 0 Å². The highest BCUT2D eigenvalue weighted by atomic mass is 32.1. The second-order valence-corrected chi connectivity index (χ2v) is 13.4. The Hall–Kier alpha value is -5.76. The highest BCUT2D eigenvalue weighted by Gasteiger charge is 2.18. The van der Waals surface area contributed by atoms with Crippen LogP contribution in [0.5, 0.6) is 0 Å². The molecule has 0 N–H and O–H groups in total. The molecule has 0 nitrogen and oxygen atoms in total. The second-order valence-electron chi connectivity index (χ2n) is 12.4. The van der Waals surface area contributed by atoms with E-state index in [-0.39, 0.29) is 0 Å². The number of hydrogen-bond donors (Lipinski definition) is 0. The first-order chi connectivity index (χ1) is 23.3. The summed E-state index contributed by atoms with van der Waals surface area (Å²) in [6.45, 7) is 0. The highest BCUT2D eigenvalue weighted by molar-refractivity contribution is 7.26. The van der Waals surface area contributed by atoms with E-state index >= 15 is 0 Å². The standard InChI is InChI=1S/C46H28S/c1-3-14-33-29(11-1)13-9-21-36(33)44-39-18-7-5-16-37(39)43(38-17-6-8-19-40(38)44)32-25-23-31(24-26-32)34-20-10-22-42-45(34)41-28-27-30-12-2-4-15-35(30)46(41)47-42/h1-28H. The lowest BCUT2D eigenvalue weighted by Crippen LogP contribution is -1.91. The monoisotopic (exact) mass is 612 g/mol. The molecule has 0 bridgehead atoms. The minimum absolute atomic E-state index is 1.24. The van der Waals surface area contributed by atoms with E-state index in [0.717, 1.165) is 0 Å². The van der Waals surface area contributed by atoms with Crippen LogP contribution in [0.2, 0.25) is 0 Å². The van der Waals surface area contributed by atoms with Gasteiger partial charge in [0, 0.05) is 20.2 Å². The lowest BCUT2D eigenvalue weighted by Gasteiger charge is -2.19.